The van der Waals surface area contributed by atoms with Crippen molar-refractivity contribution >= 4 is 0 Å². The third-order valence-electron chi connectivity index (χ3n) is 8.03. The molecule has 0 aliphatic rings. The molecule has 0 fully saturated rings. The van der Waals surface area contributed by atoms with E-state index in [2.05, 4.69) is 69.2 Å². The maximum absolute atomic E-state index is 7.07. The van der Waals surface area contributed by atoms with Crippen LogP contribution < -0.4 is 0 Å². The van der Waals surface area contributed by atoms with E-state index in [1.807, 2.05) is 0 Å². The van der Waals surface area contributed by atoms with Crippen molar-refractivity contribution in [2.75, 3.05) is 0 Å². The van der Waals surface area contributed by atoms with Crippen molar-refractivity contribution in [2.45, 2.75) is 210 Å². The molecule has 0 spiro atoms. The zero-order valence-corrected chi connectivity index (χ0v) is 27.9. The van der Waals surface area contributed by atoms with Gasteiger partial charge < -0.3 is 4.74 Å². The van der Waals surface area contributed by atoms with Gasteiger partial charge in [0, 0.05) is 0 Å². The molecule has 0 heterocycles. The Bertz CT molecular complexity index is 438. The SMILES string of the molecule is CCCCCCCCC(CCC(C)CC(C)(C)C)OC(CCCCCCCC)CCC(C)CC(C)(C)C. The summed E-state index contributed by atoms with van der Waals surface area (Å²) in [5.74, 6) is 1.58. The molecular formula is C36H74O. The van der Waals surface area contributed by atoms with Crippen LogP contribution in [0.4, 0.5) is 0 Å². The highest BCUT2D eigenvalue weighted by Gasteiger charge is 2.22. The van der Waals surface area contributed by atoms with E-state index in [1.54, 1.807) is 0 Å². The molecule has 1 nitrogen and oxygen atoms in total. The minimum absolute atomic E-state index is 0.429. The predicted octanol–water partition coefficient (Wildman–Crippen LogP) is 12.9. The van der Waals surface area contributed by atoms with E-state index in [0.29, 0.717) is 23.0 Å². The molecule has 4 atom stereocenters. The zero-order valence-electron chi connectivity index (χ0n) is 27.9. The third kappa shape index (κ3) is 26.0. The molecule has 0 saturated carbocycles. The fourth-order valence-corrected chi connectivity index (χ4v) is 6.37. The van der Waals surface area contributed by atoms with Gasteiger partial charge in [0.1, 0.15) is 0 Å². The summed E-state index contributed by atoms with van der Waals surface area (Å²) in [5.41, 5.74) is 0.858. The van der Waals surface area contributed by atoms with E-state index < -0.39 is 0 Å². The van der Waals surface area contributed by atoms with Gasteiger partial charge in [0.2, 0.25) is 0 Å². The van der Waals surface area contributed by atoms with E-state index in [4.69, 9.17) is 4.74 Å². The zero-order chi connectivity index (χ0) is 28.2. The van der Waals surface area contributed by atoms with Crippen molar-refractivity contribution < 1.29 is 4.74 Å². The molecule has 0 aromatic carbocycles. The standard InChI is InChI=1S/C36H74O/c1-11-13-15-17-19-21-23-33(27-25-31(3)29-35(5,6)7)37-34(24-22-20-18-16-14-12-2)28-26-32(4)30-36(8,9)10/h31-34H,11-30H2,1-10H3. The lowest BCUT2D eigenvalue weighted by atomic mass is 9.83. The second-order valence-corrected chi connectivity index (χ2v) is 15.4. The van der Waals surface area contributed by atoms with Gasteiger partial charge in [0.15, 0.2) is 0 Å². The summed E-state index contributed by atoms with van der Waals surface area (Å²) in [4.78, 5) is 0. The van der Waals surface area contributed by atoms with Crippen LogP contribution in [0.5, 0.6) is 0 Å². The Hall–Kier alpha value is -0.0400. The molecule has 0 saturated heterocycles. The van der Waals surface area contributed by atoms with Gasteiger partial charge in [-0.2, -0.15) is 0 Å². The molecule has 0 radical (unpaired) electrons. The molecule has 224 valence electrons. The third-order valence-corrected chi connectivity index (χ3v) is 8.03. The van der Waals surface area contributed by atoms with Gasteiger partial charge in [-0.15, -0.1) is 0 Å². The summed E-state index contributed by atoms with van der Waals surface area (Å²) in [6, 6.07) is 0. The molecule has 0 amide bonds. The summed E-state index contributed by atoms with van der Waals surface area (Å²) >= 11 is 0. The number of hydrogen-bond acceptors (Lipinski definition) is 1. The Morgan fingerprint density at radius 2 is 0.757 bits per heavy atom. The lowest BCUT2D eigenvalue weighted by Gasteiger charge is -2.29. The number of rotatable bonds is 24. The average Bonchev–Trinajstić information content (AvgIpc) is 2.77. The van der Waals surface area contributed by atoms with E-state index in [9.17, 15) is 0 Å². The molecule has 0 aromatic heterocycles. The maximum atomic E-state index is 7.07. The van der Waals surface area contributed by atoms with Gasteiger partial charge in [0.25, 0.3) is 0 Å². The van der Waals surface area contributed by atoms with Crippen LogP contribution >= 0.6 is 0 Å². The molecule has 0 bridgehead atoms. The topological polar surface area (TPSA) is 9.23 Å². The highest BCUT2D eigenvalue weighted by Crippen LogP contribution is 2.31. The van der Waals surface area contributed by atoms with Crippen molar-refractivity contribution in [1.82, 2.24) is 0 Å². The summed E-state index contributed by atoms with van der Waals surface area (Å²) in [5, 5.41) is 0. The minimum Gasteiger partial charge on any atom is -0.375 e. The molecule has 0 N–H and O–H groups in total. The fourth-order valence-electron chi connectivity index (χ4n) is 6.37. The Labute approximate surface area is 237 Å². The highest BCUT2D eigenvalue weighted by molar-refractivity contribution is 4.73. The molecule has 0 aliphatic heterocycles. The number of hydrogen-bond donors (Lipinski definition) is 0. The van der Waals surface area contributed by atoms with Crippen molar-refractivity contribution in [3.8, 4) is 0 Å². The first kappa shape index (κ1) is 37.0. The second kappa shape index (κ2) is 21.7. The van der Waals surface area contributed by atoms with Crippen molar-refractivity contribution in [3.05, 3.63) is 0 Å². The van der Waals surface area contributed by atoms with Crippen LogP contribution in [0.15, 0.2) is 0 Å². The van der Waals surface area contributed by atoms with Gasteiger partial charge >= 0.3 is 0 Å². The van der Waals surface area contributed by atoms with Crippen molar-refractivity contribution in [1.29, 1.82) is 0 Å². The predicted molar refractivity (Wildman–Crippen MR) is 170 cm³/mol. The fraction of sp³-hybridized carbons (Fsp3) is 1.00. The normalized spacial score (nSPS) is 16.1. The van der Waals surface area contributed by atoms with Gasteiger partial charge in [-0.05, 0) is 74.0 Å². The van der Waals surface area contributed by atoms with E-state index >= 15 is 0 Å². The van der Waals surface area contributed by atoms with Gasteiger partial charge in [0.05, 0.1) is 12.2 Å². The van der Waals surface area contributed by atoms with Gasteiger partial charge in [-0.25, -0.2) is 0 Å². The van der Waals surface area contributed by atoms with Crippen LogP contribution in [0.25, 0.3) is 0 Å². The van der Waals surface area contributed by atoms with Crippen LogP contribution in [0.1, 0.15) is 198 Å². The Morgan fingerprint density at radius 3 is 1.08 bits per heavy atom. The van der Waals surface area contributed by atoms with Crippen molar-refractivity contribution in [2.24, 2.45) is 22.7 Å². The van der Waals surface area contributed by atoms with Gasteiger partial charge in [-0.1, -0.05) is 146 Å². The van der Waals surface area contributed by atoms with Crippen LogP contribution in [0.3, 0.4) is 0 Å². The second-order valence-electron chi connectivity index (χ2n) is 15.4. The highest BCUT2D eigenvalue weighted by atomic mass is 16.5. The largest absolute Gasteiger partial charge is 0.375 e. The molecule has 0 aromatic rings. The Morgan fingerprint density at radius 1 is 0.432 bits per heavy atom. The molecule has 1 heteroatoms. The monoisotopic (exact) mass is 523 g/mol. The molecule has 0 aliphatic carbocycles. The lowest BCUT2D eigenvalue weighted by Crippen LogP contribution is -2.25. The minimum atomic E-state index is 0.429. The summed E-state index contributed by atoms with van der Waals surface area (Å²) in [6.07, 6.45) is 27.9. The smallest absolute Gasteiger partial charge is 0.0579 e. The van der Waals surface area contributed by atoms with Crippen LogP contribution in [-0.4, -0.2) is 12.2 Å². The van der Waals surface area contributed by atoms with Crippen LogP contribution in [0.2, 0.25) is 0 Å². The van der Waals surface area contributed by atoms with E-state index in [0.717, 1.165) is 11.8 Å². The molecule has 37 heavy (non-hydrogen) atoms. The molecule has 4 unspecified atom stereocenters. The molecule has 0 rings (SSSR count). The van der Waals surface area contributed by atoms with E-state index in [-0.39, 0.29) is 0 Å². The van der Waals surface area contributed by atoms with Crippen molar-refractivity contribution in [3.63, 3.8) is 0 Å². The maximum Gasteiger partial charge on any atom is 0.0579 e. The quantitative estimate of drug-likeness (QED) is 0.114. The van der Waals surface area contributed by atoms with E-state index in [1.165, 1.54) is 128 Å². The van der Waals surface area contributed by atoms with Crippen LogP contribution in [-0.2, 0) is 4.74 Å². The first-order chi connectivity index (χ1) is 17.4. The first-order valence-electron chi connectivity index (χ1n) is 17.0. The lowest BCUT2D eigenvalue weighted by molar-refractivity contribution is -0.0359. The first-order valence-corrected chi connectivity index (χ1v) is 17.0. The molecular weight excluding hydrogens is 448 g/mol. The summed E-state index contributed by atoms with van der Waals surface area (Å²) in [6.45, 7) is 23.9. The number of unbranched alkanes of at least 4 members (excludes halogenated alkanes) is 10. The Kier molecular flexibility index (Phi) is 21.7. The Balaban J connectivity index is 5.03. The summed E-state index contributed by atoms with van der Waals surface area (Å²) in [7, 11) is 0. The van der Waals surface area contributed by atoms with Crippen LogP contribution in [0, 0.1) is 22.7 Å². The number of ether oxygens (including phenoxy) is 1. The average molecular weight is 523 g/mol. The summed E-state index contributed by atoms with van der Waals surface area (Å²) < 4.78 is 7.07. The van der Waals surface area contributed by atoms with Gasteiger partial charge in [-0.3, -0.25) is 0 Å².